The van der Waals surface area contributed by atoms with Crippen molar-refractivity contribution in [1.82, 2.24) is 10.2 Å². The Morgan fingerprint density at radius 1 is 1.30 bits per heavy atom. The van der Waals surface area contributed by atoms with Gasteiger partial charge in [0.2, 0.25) is 5.13 Å². The Kier molecular flexibility index (Phi) is 4.52. The summed E-state index contributed by atoms with van der Waals surface area (Å²) in [6.07, 6.45) is 0. The highest BCUT2D eigenvalue weighted by molar-refractivity contribution is 7.15. The number of amides is 2. The lowest BCUT2D eigenvalue weighted by Gasteiger charge is -2.06. The first-order valence-electron chi connectivity index (χ1n) is 6.14. The number of nitrogens with one attached hydrogen (secondary N) is 2. The van der Waals surface area contributed by atoms with Gasteiger partial charge in [-0.15, -0.1) is 10.2 Å². The van der Waals surface area contributed by atoms with E-state index in [9.17, 15) is 4.79 Å². The fourth-order valence-corrected chi connectivity index (χ4v) is 2.22. The summed E-state index contributed by atoms with van der Waals surface area (Å²) in [5, 5.41) is 14.7. The van der Waals surface area contributed by atoms with Crippen molar-refractivity contribution in [3.05, 3.63) is 29.3 Å². The molecular formula is C13H16N4O2S. The van der Waals surface area contributed by atoms with Gasteiger partial charge in [-0.25, -0.2) is 4.79 Å². The maximum Gasteiger partial charge on any atom is 0.325 e. The second-order valence-corrected chi connectivity index (χ2v) is 5.42. The topological polar surface area (TPSA) is 76.1 Å². The number of hydrogen-bond acceptors (Lipinski definition) is 5. The molecule has 1 aromatic carbocycles. The molecule has 2 rings (SSSR count). The molecule has 0 aliphatic rings. The minimum atomic E-state index is -0.357. The summed E-state index contributed by atoms with van der Waals surface area (Å²) in [5.41, 5.74) is 0.649. The number of hydrogen-bond donors (Lipinski definition) is 2. The van der Waals surface area contributed by atoms with Crippen molar-refractivity contribution in [2.24, 2.45) is 0 Å². The molecule has 0 atom stereocenters. The summed E-state index contributed by atoms with van der Waals surface area (Å²) < 4.78 is 5.09. The minimum Gasteiger partial charge on any atom is -0.497 e. The molecule has 106 valence electrons. The van der Waals surface area contributed by atoms with Gasteiger partial charge in [0.15, 0.2) is 0 Å². The summed E-state index contributed by atoms with van der Waals surface area (Å²) in [5.74, 6) is 0.977. The van der Waals surface area contributed by atoms with Gasteiger partial charge in [-0.3, -0.25) is 5.32 Å². The van der Waals surface area contributed by atoms with Crippen LogP contribution >= 0.6 is 11.3 Å². The van der Waals surface area contributed by atoms with Crippen molar-refractivity contribution >= 4 is 28.2 Å². The van der Waals surface area contributed by atoms with Crippen LogP contribution in [0.15, 0.2) is 24.3 Å². The third kappa shape index (κ3) is 3.67. The highest BCUT2D eigenvalue weighted by atomic mass is 32.1. The second-order valence-electron chi connectivity index (χ2n) is 4.41. The van der Waals surface area contributed by atoms with Crippen LogP contribution in [0.4, 0.5) is 15.6 Å². The highest BCUT2D eigenvalue weighted by Crippen LogP contribution is 2.22. The third-order valence-electron chi connectivity index (χ3n) is 2.48. The number of methoxy groups -OCH3 is 1. The van der Waals surface area contributed by atoms with E-state index in [4.69, 9.17) is 4.74 Å². The Labute approximate surface area is 121 Å². The molecule has 0 aliphatic heterocycles. The molecule has 2 aromatic rings. The fraction of sp³-hybridized carbons (Fsp3) is 0.308. The molecule has 1 heterocycles. The van der Waals surface area contributed by atoms with Crippen LogP contribution in [0.25, 0.3) is 0 Å². The highest BCUT2D eigenvalue weighted by Gasteiger charge is 2.10. The largest absolute Gasteiger partial charge is 0.497 e. The van der Waals surface area contributed by atoms with Gasteiger partial charge in [0.25, 0.3) is 0 Å². The summed E-state index contributed by atoms with van der Waals surface area (Å²) in [4.78, 5) is 11.8. The molecule has 0 radical (unpaired) electrons. The molecule has 2 amide bonds. The lowest BCUT2D eigenvalue weighted by Crippen LogP contribution is -2.19. The predicted molar refractivity (Wildman–Crippen MR) is 79.6 cm³/mol. The number of nitrogens with zero attached hydrogens (tertiary/aromatic N) is 2. The molecule has 20 heavy (non-hydrogen) atoms. The van der Waals surface area contributed by atoms with E-state index in [2.05, 4.69) is 20.8 Å². The smallest absolute Gasteiger partial charge is 0.325 e. The van der Waals surface area contributed by atoms with Gasteiger partial charge in [0.1, 0.15) is 10.8 Å². The van der Waals surface area contributed by atoms with Gasteiger partial charge in [0, 0.05) is 17.7 Å². The zero-order chi connectivity index (χ0) is 14.5. The maximum absolute atomic E-state index is 11.8. The molecular weight excluding hydrogens is 276 g/mol. The fourth-order valence-electron chi connectivity index (χ4n) is 1.48. The molecule has 0 fully saturated rings. The van der Waals surface area contributed by atoms with Crippen LogP contribution in [0.3, 0.4) is 0 Å². The predicted octanol–water partition coefficient (Wildman–Crippen LogP) is 3.31. The zero-order valence-corrected chi connectivity index (χ0v) is 12.3. The summed E-state index contributed by atoms with van der Waals surface area (Å²) in [7, 11) is 1.58. The van der Waals surface area contributed by atoms with Crippen LogP contribution in [0.1, 0.15) is 24.8 Å². The second kappa shape index (κ2) is 6.33. The van der Waals surface area contributed by atoms with E-state index >= 15 is 0 Å². The van der Waals surface area contributed by atoms with Gasteiger partial charge in [-0.1, -0.05) is 31.3 Å². The maximum atomic E-state index is 11.8. The van der Waals surface area contributed by atoms with Crippen LogP contribution in [0.2, 0.25) is 0 Å². The third-order valence-corrected chi connectivity index (χ3v) is 3.62. The van der Waals surface area contributed by atoms with E-state index in [1.54, 1.807) is 25.3 Å². The van der Waals surface area contributed by atoms with Gasteiger partial charge >= 0.3 is 6.03 Å². The Hall–Kier alpha value is -2.15. The monoisotopic (exact) mass is 292 g/mol. The quantitative estimate of drug-likeness (QED) is 0.906. The lowest BCUT2D eigenvalue weighted by molar-refractivity contribution is 0.262. The van der Waals surface area contributed by atoms with Crippen LogP contribution in [-0.2, 0) is 0 Å². The number of urea groups is 1. The van der Waals surface area contributed by atoms with E-state index in [0.717, 1.165) is 5.01 Å². The molecule has 0 unspecified atom stereocenters. The molecule has 0 bridgehead atoms. The first kappa shape index (κ1) is 14.3. The van der Waals surface area contributed by atoms with E-state index in [1.807, 2.05) is 19.9 Å². The average molecular weight is 292 g/mol. The van der Waals surface area contributed by atoms with Crippen LogP contribution in [0.5, 0.6) is 5.75 Å². The van der Waals surface area contributed by atoms with E-state index < -0.39 is 0 Å². The standard InChI is InChI=1S/C13H16N4O2S/c1-8(2)11-16-17-13(20-11)15-12(18)14-9-5-4-6-10(7-9)19-3/h4-8H,1-3H3,(H2,14,15,17,18). The SMILES string of the molecule is COc1cccc(NC(=O)Nc2nnc(C(C)C)s2)c1. The van der Waals surface area contributed by atoms with Crippen molar-refractivity contribution < 1.29 is 9.53 Å². The number of benzene rings is 1. The van der Waals surface area contributed by atoms with E-state index in [0.29, 0.717) is 22.5 Å². The van der Waals surface area contributed by atoms with Gasteiger partial charge in [-0.2, -0.15) is 0 Å². The molecule has 2 N–H and O–H groups in total. The molecule has 7 heteroatoms. The molecule has 0 saturated heterocycles. The van der Waals surface area contributed by atoms with Crippen molar-refractivity contribution in [2.45, 2.75) is 19.8 Å². The summed E-state index contributed by atoms with van der Waals surface area (Å²) in [6, 6.07) is 6.77. The Balaban J connectivity index is 1.97. The number of anilines is 2. The first-order valence-corrected chi connectivity index (χ1v) is 6.95. The Morgan fingerprint density at radius 3 is 2.75 bits per heavy atom. The normalized spacial score (nSPS) is 10.4. The minimum absolute atomic E-state index is 0.296. The Morgan fingerprint density at radius 2 is 2.10 bits per heavy atom. The number of ether oxygens (including phenoxy) is 1. The van der Waals surface area contributed by atoms with Crippen molar-refractivity contribution in [3.63, 3.8) is 0 Å². The van der Waals surface area contributed by atoms with Crippen LogP contribution in [-0.4, -0.2) is 23.3 Å². The average Bonchev–Trinajstić information content (AvgIpc) is 2.87. The molecule has 1 aromatic heterocycles. The molecule has 0 spiro atoms. The lowest BCUT2D eigenvalue weighted by atomic mass is 10.2. The van der Waals surface area contributed by atoms with Crippen molar-refractivity contribution in [1.29, 1.82) is 0 Å². The first-order chi connectivity index (χ1) is 9.58. The van der Waals surface area contributed by atoms with Gasteiger partial charge in [0.05, 0.1) is 7.11 Å². The summed E-state index contributed by atoms with van der Waals surface area (Å²) in [6.45, 7) is 4.06. The number of carbonyl (C=O) groups excluding carboxylic acids is 1. The Bertz CT molecular complexity index is 598. The number of carbonyl (C=O) groups is 1. The van der Waals surface area contributed by atoms with E-state index in [1.165, 1.54) is 11.3 Å². The van der Waals surface area contributed by atoms with Crippen LogP contribution < -0.4 is 15.4 Å². The zero-order valence-electron chi connectivity index (χ0n) is 11.5. The van der Waals surface area contributed by atoms with Crippen molar-refractivity contribution in [3.8, 4) is 5.75 Å². The van der Waals surface area contributed by atoms with E-state index in [-0.39, 0.29) is 6.03 Å². The number of aromatic nitrogens is 2. The van der Waals surface area contributed by atoms with Gasteiger partial charge < -0.3 is 10.1 Å². The molecule has 0 aliphatic carbocycles. The summed E-state index contributed by atoms with van der Waals surface area (Å²) >= 11 is 1.37. The molecule has 0 saturated carbocycles. The molecule has 6 nitrogen and oxygen atoms in total. The van der Waals surface area contributed by atoms with Gasteiger partial charge in [-0.05, 0) is 12.1 Å². The van der Waals surface area contributed by atoms with Crippen molar-refractivity contribution in [2.75, 3.05) is 17.7 Å². The number of rotatable bonds is 4. The van der Waals surface area contributed by atoms with Crippen LogP contribution in [0, 0.1) is 0 Å².